The first-order valence-corrected chi connectivity index (χ1v) is 10.4. The lowest BCUT2D eigenvalue weighted by molar-refractivity contribution is 0.380. The van der Waals surface area contributed by atoms with Crippen molar-refractivity contribution in [1.29, 1.82) is 0 Å². The van der Waals surface area contributed by atoms with E-state index < -0.39 is 115 Å². The lowest BCUT2D eigenvalue weighted by Crippen LogP contribution is -2.72. The van der Waals surface area contributed by atoms with Crippen LogP contribution in [0.2, 0.25) is 0 Å². The van der Waals surface area contributed by atoms with Crippen LogP contribution >= 0.6 is 0 Å². The van der Waals surface area contributed by atoms with Crippen molar-refractivity contribution in [1.82, 2.24) is 0 Å². The van der Waals surface area contributed by atoms with Gasteiger partial charge in [0.05, 0.1) is 5.97 Å². The minimum atomic E-state index is -5.90. The Morgan fingerprint density at radius 1 is 0.375 bits per heavy atom. The first-order valence-electron chi connectivity index (χ1n) is 10.4. The van der Waals surface area contributed by atoms with E-state index in [-0.39, 0.29) is 0 Å². The summed E-state index contributed by atoms with van der Waals surface area (Å²) < 4.78 is 218. The highest BCUT2D eigenvalue weighted by Crippen LogP contribution is 2.28. The minimum absolute atomic E-state index is 1.01. The number of hydrogen-bond acceptors (Lipinski definition) is 0. The molecule has 0 saturated carbocycles. The zero-order valence-electron chi connectivity index (χ0n) is 19.7. The van der Waals surface area contributed by atoms with Gasteiger partial charge in [0.15, 0.2) is 52.4 Å². The molecular formula is C23H9BF15N. The monoisotopic (exact) mass is 595 g/mol. The summed E-state index contributed by atoms with van der Waals surface area (Å²) in [5.41, 5.74) is -10.1. The molecule has 0 aliphatic rings. The largest absolute Gasteiger partial charge is 0.268 e. The van der Waals surface area contributed by atoms with Gasteiger partial charge in [0.1, 0.15) is 34.9 Å². The van der Waals surface area contributed by atoms with Crippen LogP contribution in [0.3, 0.4) is 0 Å². The van der Waals surface area contributed by atoms with Gasteiger partial charge in [-0.25, -0.2) is 65.9 Å². The van der Waals surface area contributed by atoms with Crippen LogP contribution in [0.25, 0.3) is 4.85 Å². The molecule has 0 fully saturated rings. The lowest BCUT2D eigenvalue weighted by Gasteiger charge is -2.35. The Morgan fingerprint density at radius 3 is 0.725 bits per heavy atom. The van der Waals surface area contributed by atoms with Gasteiger partial charge in [0.2, 0.25) is 0 Å². The maximum absolute atomic E-state index is 15.2. The summed E-state index contributed by atoms with van der Waals surface area (Å²) >= 11 is 0. The fourth-order valence-corrected chi connectivity index (χ4v) is 3.92. The van der Waals surface area contributed by atoms with Crippen molar-refractivity contribution in [2.75, 3.05) is 0 Å². The average Bonchev–Trinajstić information content (AvgIpc) is 2.89. The van der Waals surface area contributed by atoms with Crippen molar-refractivity contribution in [2.24, 2.45) is 0 Å². The molecule has 0 aliphatic carbocycles. The number of rotatable bonds is 3. The van der Waals surface area contributed by atoms with Gasteiger partial charge in [-0.15, -0.1) is 21.2 Å². The van der Waals surface area contributed by atoms with Crippen LogP contribution in [-0.4, -0.2) is 11.7 Å². The van der Waals surface area contributed by atoms with Gasteiger partial charge in [-0.05, 0) is 0 Å². The molecular weight excluding hydrogens is 586 g/mol. The molecule has 3 aromatic rings. The first kappa shape index (κ1) is 30.7. The Labute approximate surface area is 213 Å². The molecule has 40 heavy (non-hydrogen) atoms. The van der Waals surface area contributed by atoms with Gasteiger partial charge in [0.25, 0.3) is 11.7 Å². The number of halogens is 15. The SMILES string of the molecule is CC(C)(C)[N+]#C[B-](c1c(F)c(F)c(F)c(F)c1F)(c1c(F)c(F)c(F)c(F)c1F)c1c(F)c(F)c(F)c(F)c1F. The average molecular weight is 595 g/mol. The van der Waals surface area contributed by atoms with Crippen LogP contribution in [0, 0.1) is 93.2 Å². The van der Waals surface area contributed by atoms with Crippen LogP contribution in [-0.2, 0) is 0 Å². The Hall–Kier alpha value is -3.84. The van der Waals surface area contributed by atoms with Gasteiger partial charge in [-0.3, -0.25) is 0 Å². The minimum Gasteiger partial charge on any atom is -0.207 e. The summed E-state index contributed by atoms with van der Waals surface area (Å²) in [6.07, 6.45) is -5.90. The molecule has 3 rings (SSSR count). The predicted molar refractivity (Wildman–Crippen MR) is 110 cm³/mol. The van der Waals surface area contributed by atoms with E-state index in [0.717, 1.165) is 20.8 Å². The molecule has 0 aromatic heterocycles. The highest BCUT2D eigenvalue weighted by Gasteiger charge is 2.51. The number of benzene rings is 3. The lowest BCUT2D eigenvalue weighted by atomic mass is 9.16. The van der Waals surface area contributed by atoms with Crippen LogP contribution in [0.1, 0.15) is 20.8 Å². The van der Waals surface area contributed by atoms with Gasteiger partial charge < -0.3 is 0 Å². The van der Waals surface area contributed by atoms with E-state index in [9.17, 15) is 39.5 Å². The predicted octanol–water partition coefficient (Wildman–Crippen LogP) is 5.91. The van der Waals surface area contributed by atoms with E-state index in [1.807, 2.05) is 0 Å². The highest BCUT2D eigenvalue weighted by molar-refractivity contribution is 7.17. The second-order valence-electron chi connectivity index (χ2n) is 9.23. The van der Waals surface area contributed by atoms with Gasteiger partial charge in [-0.2, -0.15) is 0 Å². The normalized spacial score (nSPS) is 12.1. The van der Waals surface area contributed by atoms with E-state index in [2.05, 4.69) is 4.85 Å². The zero-order valence-corrected chi connectivity index (χ0v) is 19.7. The molecule has 0 amide bonds. The molecule has 0 heterocycles. The van der Waals surface area contributed by atoms with Crippen molar-refractivity contribution >= 4 is 22.5 Å². The standard InChI is InChI=1S/C23H9BF15N/c1-23(2,3)40-4-24(5-8(25)14(31)20(37)15(32)9(5)26,6-10(27)16(33)21(38)17(34)11(6)28)7-12(29)18(35)22(39)19(36)13(7)30/h1-3H3. The summed E-state index contributed by atoms with van der Waals surface area (Å²) in [6, 6.07) is 0. The van der Waals surface area contributed by atoms with Crippen molar-refractivity contribution < 1.29 is 65.9 Å². The summed E-state index contributed by atoms with van der Waals surface area (Å²) in [6.45, 7) is 3.03. The molecule has 0 bridgehead atoms. The summed E-state index contributed by atoms with van der Waals surface area (Å²) in [5.74, 6) is -44.9. The van der Waals surface area contributed by atoms with E-state index in [0.29, 0.717) is 0 Å². The summed E-state index contributed by atoms with van der Waals surface area (Å²) in [4.78, 5) is 3.31. The third-order valence-electron chi connectivity index (χ3n) is 5.62. The first-order chi connectivity index (χ1) is 18.2. The van der Waals surface area contributed by atoms with Crippen LogP contribution < -0.4 is 16.4 Å². The Balaban J connectivity index is 2.97. The molecule has 0 N–H and O–H groups in total. The van der Waals surface area contributed by atoms with Crippen LogP contribution in [0.4, 0.5) is 65.9 Å². The molecule has 3 aromatic carbocycles. The van der Waals surface area contributed by atoms with E-state index in [1.54, 1.807) is 0 Å². The number of hydrogen-bond donors (Lipinski definition) is 0. The van der Waals surface area contributed by atoms with E-state index in [1.165, 1.54) is 5.97 Å². The molecule has 0 saturated heterocycles. The fraction of sp³-hybridized carbons (Fsp3) is 0.174. The van der Waals surface area contributed by atoms with Crippen molar-refractivity contribution in [3.05, 3.63) is 92.1 Å². The van der Waals surface area contributed by atoms with E-state index in [4.69, 9.17) is 0 Å². The smallest absolute Gasteiger partial charge is 0.207 e. The maximum atomic E-state index is 15.2. The summed E-state index contributed by atoms with van der Waals surface area (Å²) in [7, 11) is 0. The zero-order chi connectivity index (χ0) is 30.8. The fourth-order valence-electron chi connectivity index (χ4n) is 3.92. The Morgan fingerprint density at radius 2 is 0.550 bits per heavy atom. The van der Waals surface area contributed by atoms with Crippen LogP contribution in [0.15, 0.2) is 0 Å². The van der Waals surface area contributed by atoms with Gasteiger partial charge >= 0.3 is 0 Å². The van der Waals surface area contributed by atoms with Gasteiger partial charge in [0, 0.05) is 20.8 Å². The molecule has 0 spiro atoms. The molecule has 1 nitrogen and oxygen atoms in total. The molecule has 0 radical (unpaired) electrons. The molecule has 17 heteroatoms. The topological polar surface area (TPSA) is 4.36 Å². The second kappa shape index (κ2) is 9.97. The van der Waals surface area contributed by atoms with Crippen molar-refractivity contribution in [3.63, 3.8) is 0 Å². The quantitative estimate of drug-likeness (QED) is 0.154. The molecule has 0 unspecified atom stereocenters. The third-order valence-corrected chi connectivity index (χ3v) is 5.62. The highest BCUT2D eigenvalue weighted by atomic mass is 19.2. The third kappa shape index (κ3) is 4.33. The number of nitrogens with zero attached hydrogens (tertiary/aromatic N) is 1. The maximum Gasteiger partial charge on any atom is 0.268 e. The Kier molecular flexibility index (Phi) is 7.65. The van der Waals surface area contributed by atoms with Crippen molar-refractivity contribution in [3.8, 4) is 5.97 Å². The van der Waals surface area contributed by atoms with Crippen molar-refractivity contribution in [2.45, 2.75) is 26.3 Å². The van der Waals surface area contributed by atoms with E-state index >= 15 is 26.3 Å². The summed E-state index contributed by atoms with van der Waals surface area (Å²) in [5, 5.41) is 0. The second-order valence-corrected chi connectivity index (χ2v) is 9.23. The molecule has 214 valence electrons. The molecule has 0 atom stereocenters. The Bertz CT molecular complexity index is 1390. The van der Waals surface area contributed by atoms with Crippen LogP contribution in [0.5, 0.6) is 0 Å². The molecule has 0 aliphatic heterocycles. The van der Waals surface area contributed by atoms with Gasteiger partial charge in [-0.1, -0.05) is 0 Å².